The second kappa shape index (κ2) is 16.9. The van der Waals surface area contributed by atoms with E-state index in [1.165, 1.54) is 0 Å². The minimum atomic E-state index is -0.553. The van der Waals surface area contributed by atoms with Gasteiger partial charge in [-0.25, -0.2) is 0 Å². The molecule has 2 rings (SSSR count). The molecule has 6 heteroatoms. The van der Waals surface area contributed by atoms with Gasteiger partial charge in [0.2, 0.25) is 0 Å². The van der Waals surface area contributed by atoms with Crippen molar-refractivity contribution in [3.63, 3.8) is 0 Å². The van der Waals surface area contributed by atoms with E-state index in [0.29, 0.717) is 33.4 Å². The van der Waals surface area contributed by atoms with Crippen molar-refractivity contribution in [2.45, 2.75) is 111 Å². The van der Waals surface area contributed by atoms with Gasteiger partial charge in [-0.05, 0) is 35.8 Å². The molecule has 0 aromatic heterocycles. The van der Waals surface area contributed by atoms with Gasteiger partial charge in [0, 0.05) is 48.9 Å². The number of hydrogen-bond donors (Lipinski definition) is 0. The third-order valence-electron chi connectivity index (χ3n) is 4.87. The van der Waals surface area contributed by atoms with Gasteiger partial charge in [0.1, 0.15) is 0 Å². The molecular weight excluding hydrogens is 644 g/mol. The van der Waals surface area contributed by atoms with E-state index < -0.39 is 33.8 Å². The standard InChI is InChI=1S/C22H30O4.6CH4.2Sb/c1-11-13(9-15(21(3,4)5)19(25)17(11)23)14-10-16(22(6,7)8)20(26)18(24)12(14)2;;;;;;;;/h9-10,23-26H,1-8H3;6*1H4;;/p-4. The Morgan fingerprint density at radius 1 is 0.471 bits per heavy atom. The first-order chi connectivity index (χ1) is 11.7. The van der Waals surface area contributed by atoms with Crippen LogP contribution in [-0.2, 0) is 10.8 Å². The smallest absolute Gasteiger partial charge is 0 e. The summed E-state index contributed by atoms with van der Waals surface area (Å²) in [5, 5.41) is 49.9. The Labute approximate surface area is 247 Å². The van der Waals surface area contributed by atoms with E-state index in [1.54, 1.807) is 26.0 Å². The first-order valence-corrected chi connectivity index (χ1v) is 8.72. The van der Waals surface area contributed by atoms with E-state index >= 15 is 0 Å². The molecule has 6 radical (unpaired) electrons. The van der Waals surface area contributed by atoms with E-state index in [-0.39, 0.29) is 93.4 Å². The maximum absolute atomic E-state index is 12.5. The van der Waals surface area contributed by atoms with Crippen molar-refractivity contribution in [2.24, 2.45) is 0 Å². The summed E-state index contributed by atoms with van der Waals surface area (Å²) in [5.41, 5.74) is 1.56. The molecule has 0 aliphatic carbocycles. The fourth-order valence-electron chi connectivity index (χ4n) is 3.14. The predicted octanol–water partition coefficient (Wildman–Crippen LogP) is 5.91. The van der Waals surface area contributed by atoms with Crippen LogP contribution in [0.25, 0.3) is 11.1 Å². The van der Waals surface area contributed by atoms with Crippen molar-refractivity contribution >= 4 is 48.9 Å². The van der Waals surface area contributed by atoms with E-state index in [4.69, 9.17) is 0 Å². The van der Waals surface area contributed by atoms with Gasteiger partial charge in [0.25, 0.3) is 0 Å². The Morgan fingerprint density at radius 2 is 0.676 bits per heavy atom. The van der Waals surface area contributed by atoms with Crippen LogP contribution in [-0.4, -0.2) is 48.9 Å². The van der Waals surface area contributed by atoms with Gasteiger partial charge < -0.3 is 20.4 Å². The normalized spacial score (nSPS) is 9.53. The van der Waals surface area contributed by atoms with Crippen LogP contribution in [0.5, 0.6) is 23.0 Å². The molecule has 34 heavy (non-hydrogen) atoms. The molecule has 0 unspecified atom stereocenters. The summed E-state index contributed by atoms with van der Waals surface area (Å²) in [6.45, 7) is 14.4. The van der Waals surface area contributed by atoms with Crippen LogP contribution in [0.15, 0.2) is 12.1 Å². The zero-order chi connectivity index (χ0) is 20.2. The van der Waals surface area contributed by atoms with E-state index in [0.717, 1.165) is 0 Å². The summed E-state index contributed by atoms with van der Waals surface area (Å²) in [6.07, 6.45) is 0. The van der Waals surface area contributed by atoms with Gasteiger partial charge in [0.15, 0.2) is 0 Å². The molecule has 0 amide bonds. The Bertz CT molecular complexity index is 804. The molecule has 200 valence electrons. The van der Waals surface area contributed by atoms with Crippen molar-refractivity contribution in [1.29, 1.82) is 0 Å². The molecule has 0 saturated heterocycles. The van der Waals surface area contributed by atoms with Gasteiger partial charge in [-0.1, -0.05) is 120 Å². The van der Waals surface area contributed by atoms with Gasteiger partial charge in [-0.2, -0.15) is 0 Å². The first-order valence-electron chi connectivity index (χ1n) is 8.72. The van der Waals surface area contributed by atoms with Crippen LogP contribution in [0.3, 0.4) is 0 Å². The van der Waals surface area contributed by atoms with Crippen LogP contribution in [0.4, 0.5) is 0 Å². The van der Waals surface area contributed by atoms with Crippen LogP contribution >= 0.6 is 0 Å². The third-order valence-corrected chi connectivity index (χ3v) is 4.87. The van der Waals surface area contributed by atoms with Crippen molar-refractivity contribution in [3.8, 4) is 34.1 Å². The largest absolute Gasteiger partial charge is 0.873 e. The second-order valence-corrected chi connectivity index (χ2v) is 9.01. The van der Waals surface area contributed by atoms with Crippen molar-refractivity contribution < 1.29 is 20.4 Å². The molecule has 0 aliphatic heterocycles. The quantitative estimate of drug-likeness (QED) is 0.347. The molecular formula is C28H50O4Sb2-4. The summed E-state index contributed by atoms with van der Waals surface area (Å²) in [4.78, 5) is 0. The molecule has 0 heterocycles. The SMILES string of the molecule is C.C.C.C.C.C.Cc1c(-c2cc(C(C)(C)C)c([O-])c([O-])c2C)cc(C(C)(C)C)c([O-])c1[O-].[Sb].[Sb]. The predicted molar refractivity (Wildman–Crippen MR) is 148 cm³/mol. The first kappa shape index (κ1) is 50.2. The average Bonchev–Trinajstić information content (AvgIpc) is 2.49. The Balaban J connectivity index is -0.000000182. The zero-order valence-corrected chi connectivity index (χ0v) is 22.8. The third kappa shape index (κ3) is 9.38. The maximum atomic E-state index is 12.5. The monoisotopic (exact) mass is 692 g/mol. The van der Waals surface area contributed by atoms with Crippen LogP contribution in [0.1, 0.15) is 108 Å². The van der Waals surface area contributed by atoms with Crippen molar-refractivity contribution in [1.82, 2.24) is 0 Å². The van der Waals surface area contributed by atoms with E-state index in [1.807, 2.05) is 41.5 Å². The summed E-state index contributed by atoms with van der Waals surface area (Å²) < 4.78 is 0. The minimum absolute atomic E-state index is 0. The molecule has 0 aliphatic rings. The summed E-state index contributed by atoms with van der Waals surface area (Å²) in [7, 11) is 0. The van der Waals surface area contributed by atoms with Gasteiger partial charge >= 0.3 is 0 Å². The Morgan fingerprint density at radius 3 is 0.853 bits per heavy atom. The molecule has 2 aromatic rings. The maximum Gasteiger partial charge on any atom is 0 e. The van der Waals surface area contributed by atoms with Gasteiger partial charge in [-0.15, -0.1) is 23.0 Å². The number of hydrogen-bond acceptors (Lipinski definition) is 4. The molecule has 4 nitrogen and oxygen atoms in total. The molecule has 0 atom stereocenters. The Hall–Kier alpha value is -0.724. The second-order valence-electron chi connectivity index (χ2n) is 9.01. The molecule has 0 saturated carbocycles. The topological polar surface area (TPSA) is 92.2 Å². The number of benzene rings is 2. The minimum Gasteiger partial charge on any atom is -0.873 e. The average molecular weight is 694 g/mol. The van der Waals surface area contributed by atoms with E-state index in [2.05, 4.69) is 0 Å². The zero-order valence-electron chi connectivity index (χ0n) is 17.7. The van der Waals surface area contributed by atoms with Crippen LogP contribution in [0.2, 0.25) is 0 Å². The summed E-state index contributed by atoms with van der Waals surface area (Å²) in [6, 6.07) is 3.41. The molecule has 2 aromatic carbocycles. The number of rotatable bonds is 1. The summed E-state index contributed by atoms with van der Waals surface area (Å²) >= 11 is 0. The van der Waals surface area contributed by atoms with Crippen LogP contribution in [0, 0.1) is 13.8 Å². The van der Waals surface area contributed by atoms with Gasteiger partial charge in [-0.3, -0.25) is 0 Å². The fraction of sp³-hybridized carbons (Fsp3) is 0.571. The molecule has 0 fully saturated rings. The molecule has 0 N–H and O–H groups in total. The fourth-order valence-corrected chi connectivity index (χ4v) is 3.14. The van der Waals surface area contributed by atoms with E-state index in [9.17, 15) is 20.4 Å². The molecule has 0 bridgehead atoms. The summed E-state index contributed by atoms with van der Waals surface area (Å²) in [5.74, 6) is -2.11. The van der Waals surface area contributed by atoms with Gasteiger partial charge in [0.05, 0.1) is 0 Å². The van der Waals surface area contributed by atoms with Crippen LogP contribution < -0.4 is 20.4 Å². The Kier molecular flexibility index (Phi) is 24.9. The molecule has 0 spiro atoms. The van der Waals surface area contributed by atoms with Crippen molar-refractivity contribution in [2.75, 3.05) is 0 Å². The van der Waals surface area contributed by atoms with Crippen molar-refractivity contribution in [3.05, 3.63) is 34.4 Å².